The quantitative estimate of drug-likeness (QED) is 0.665. The van der Waals surface area contributed by atoms with Crippen molar-refractivity contribution in [2.75, 3.05) is 6.61 Å². The maximum absolute atomic E-state index is 10.8. The van der Waals surface area contributed by atoms with Gasteiger partial charge in [0, 0.05) is 11.8 Å². The zero-order valence-corrected chi connectivity index (χ0v) is 7.21. The van der Waals surface area contributed by atoms with Crippen molar-refractivity contribution in [2.24, 2.45) is 11.1 Å². The monoisotopic (exact) mass is 169 g/mol. The number of hydrogen-bond acceptors (Lipinski definition) is 2. The summed E-state index contributed by atoms with van der Waals surface area (Å²) in [5, 5.41) is 0. The van der Waals surface area contributed by atoms with Gasteiger partial charge in [-0.1, -0.05) is 0 Å². The molecule has 0 aromatic heterocycles. The highest BCUT2D eigenvalue weighted by molar-refractivity contribution is 5.74. The van der Waals surface area contributed by atoms with E-state index in [2.05, 4.69) is 0 Å². The first-order valence-corrected chi connectivity index (χ1v) is 4.60. The van der Waals surface area contributed by atoms with Crippen LogP contribution in [0.2, 0.25) is 0 Å². The summed E-state index contributed by atoms with van der Waals surface area (Å²) in [6.07, 6.45) is 5.47. The molecule has 1 aliphatic carbocycles. The minimum absolute atomic E-state index is 0.112. The van der Waals surface area contributed by atoms with Crippen LogP contribution in [0.4, 0.5) is 0 Å². The lowest BCUT2D eigenvalue weighted by atomic mass is 9.69. The van der Waals surface area contributed by atoms with Crippen molar-refractivity contribution in [3.05, 3.63) is 0 Å². The van der Waals surface area contributed by atoms with Crippen molar-refractivity contribution >= 4 is 5.91 Å². The fourth-order valence-corrected chi connectivity index (χ4v) is 2.41. The molecule has 2 heterocycles. The van der Waals surface area contributed by atoms with Crippen molar-refractivity contribution in [1.82, 2.24) is 0 Å². The van der Waals surface area contributed by atoms with Gasteiger partial charge >= 0.3 is 0 Å². The second-order valence-corrected chi connectivity index (χ2v) is 4.15. The lowest BCUT2D eigenvalue weighted by molar-refractivity contribution is -0.137. The number of ether oxygens (including phenoxy) is 1. The Labute approximate surface area is 72.3 Å². The molecule has 0 spiro atoms. The first-order valence-electron chi connectivity index (χ1n) is 4.60. The molecule has 0 aromatic rings. The zero-order valence-electron chi connectivity index (χ0n) is 7.21. The Bertz CT molecular complexity index is 181. The standard InChI is InChI=1S/C9H15NO2/c10-8(11)5-9-3-1-7(2-4-9)12-6-9/h7H,1-6H2,(H2,10,11). The number of primary amides is 1. The van der Waals surface area contributed by atoms with E-state index in [1.807, 2.05) is 0 Å². The maximum atomic E-state index is 10.8. The summed E-state index contributed by atoms with van der Waals surface area (Å²) in [6.45, 7) is 0.751. The minimum Gasteiger partial charge on any atom is -0.378 e. The topological polar surface area (TPSA) is 52.3 Å². The van der Waals surface area contributed by atoms with Gasteiger partial charge in [0.05, 0.1) is 12.7 Å². The normalized spacial score (nSPS) is 39.8. The molecular formula is C9H15NO2. The van der Waals surface area contributed by atoms with Crippen molar-refractivity contribution in [3.63, 3.8) is 0 Å². The van der Waals surface area contributed by atoms with E-state index in [1.165, 1.54) is 0 Å². The Hall–Kier alpha value is -0.570. The summed E-state index contributed by atoms with van der Waals surface area (Å²) in [4.78, 5) is 10.8. The van der Waals surface area contributed by atoms with Gasteiger partial charge in [0.1, 0.15) is 0 Å². The predicted molar refractivity (Wildman–Crippen MR) is 44.5 cm³/mol. The molecule has 0 aromatic carbocycles. The average molecular weight is 169 g/mol. The molecule has 0 radical (unpaired) electrons. The number of carbonyl (C=O) groups is 1. The van der Waals surface area contributed by atoms with Crippen molar-refractivity contribution < 1.29 is 9.53 Å². The summed E-state index contributed by atoms with van der Waals surface area (Å²) < 4.78 is 5.57. The smallest absolute Gasteiger partial charge is 0.218 e. The third kappa shape index (κ3) is 1.33. The van der Waals surface area contributed by atoms with Gasteiger partial charge in [0.15, 0.2) is 0 Å². The number of nitrogens with two attached hydrogens (primary N) is 1. The number of carbonyl (C=O) groups excluding carboxylic acids is 1. The molecular weight excluding hydrogens is 154 g/mol. The Morgan fingerprint density at radius 2 is 2.17 bits per heavy atom. The van der Waals surface area contributed by atoms with Crippen LogP contribution in [0, 0.1) is 5.41 Å². The van der Waals surface area contributed by atoms with Crippen LogP contribution in [-0.2, 0) is 9.53 Å². The van der Waals surface area contributed by atoms with E-state index in [9.17, 15) is 4.79 Å². The summed E-state index contributed by atoms with van der Waals surface area (Å²) in [5.41, 5.74) is 5.32. The number of rotatable bonds is 2. The molecule has 3 fully saturated rings. The van der Waals surface area contributed by atoms with Crippen LogP contribution in [0.1, 0.15) is 32.1 Å². The van der Waals surface area contributed by atoms with Gasteiger partial charge in [-0.3, -0.25) is 4.79 Å². The highest BCUT2D eigenvalue weighted by Crippen LogP contribution is 2.45. The Kier molecular flexibility index (Phi) is 1.83. The molecule has 2 saturated heterocycles. The van der Waals surface area contributed by atoms with Gasteiger partial charge < -0.3 is 10.5 Å². The zero-order chi connectivity index (χ0) is 8.60. The summed E-state index contributed by atoms with van der Waals surface area (Å²) >= 11 is 0. The van der Waals surface area contributed by atoms with Gasteiger partial charge in [-0.05, 0) is 25.7 Å². The summed E-state index contributed by atoms with van der Waals surface area (Å²) in [7, 11) is 0. The molecule has 0 unspecified atom stereocenters. The van der Waals surface area contributed by atoms with Crippen LogP contribution in [0.15, 0.2) is 0 Å². The van der Waals surface area contributed by atoms with E-state index in [0.717, 1.165) is 32.3 Å². The maximum Gasteiger partial charge on any atom is 0.218 e. The fourth-order valence-electron chi connectivity index (χ4n) is 2.41. The van der Waals surface area contributed by atoms with Crippen LogP contribution >= 0.6 is 0 Å². The highest BCUT2D eigenvalue weighted by atomic mass is 16.5. The van der Waals surface area contributed by atoms with Gasteiger partial charge in [-0.2, -0.15) is 0 Å². The van der Waals surface area contributed by atoms with Gasteiger partial charge in [-0.15, -0.1) is 0 Å². The Balaban J connectivity index is 2.03. The molecule has 2 N–H and O–H groups in total. The van der Waals surface area contributed by atoms with E-state index in [4.69, 9.17) is 10.5 Å². The van der Waals surface area contributed by atoms with E-state index < -0.39 is 0 Å². The molecule has 1 amide bonds. The van der Waals surface area contributed by atoms with Crippen LogP contribution in [0.3, 0.4) is 0 Å². The van der Waals surface area contributed by atoms with Crippen molar-refractivity contribution in [1.29, 1.82) is 0 Å². The van der Waals surface area contributed by atoms with E-state index in [1.54, 1.807) is 0 Å². The fraction of sp³-hybridized carbons (Fsp3) is 0.889. The molecule has 3 nitrogen and oxygen atoms in total. The predicted octanol–water partition coefficient (Wildman–Crippen LogP) is 0.821. The second-order valence-electron chi connectivity index (χ2n) is 4.15. The number of fused-ring (bicyclic) bond motifs is 3. The molecule has 3 rings (SSSR count). The minimum atomic E-state index is -0.182. The lowest BCUT2D eigenvalue weighted by Gasteiger charge is -2.45. The van der Waals surface area contributed by atoms with Gasteiger partial charge in [0.2, 0.25) is 5.91 Å². The highest BCUT2D eigenvalue weighted by Gasteiger charge is 2.42. The Morgan fingerprint density at radius 3 is 2.58 bits per heavy atom. The van der Waals surface area contributed by atoms with E-state index in [-0.39, 0.29) is 11.3 Å². The van der Waals surface area contributed by atoms with Crippen LogP contribution < -0.4 is 5.73 Å². The van der Waals surface area contributed by atoms with Gasteiger partial charge in [0.25, 0.3) is 0 Å². The number of amides is 1. The molecule has 0 atom stereocenters. The van der Waals surface area contributed by atoms with Crippen molar-refractivity contribution in [3.8, 4) is 0 Å². The van der Waals surface area contributed by atoms with Crippen molar-refractivity contribution in [2.45, 2.75) is 38.2 Å². The van der Waals surface area contributed by atoms with E-state index in [0.29, 0.717) is 12.5 Å². The molecule has 2 aliphatic heterocycles. The third-order valence-corrected chi connectivity index (χ3v) is 3.17. The molecule has 2 bridgehead atoms. The largest absolute Gasteiger partial charge is 0.378 e. The molecule has 3 aliphatic rings. The number of hydrogen-bond donors (Lipinski definition) is 1. The first-order chi connectivity index (χ1) is 5.70. The average Bonchev–Trinajstić information content (AvgIpc) is 2.05. The Morgan fingerprint density at radius 1 is 1.50 bits per heavy atom. The van der Waals surface area contributed by atoms with E-state index >= 15 is 0 Å². The molecule has 12 heavy (non-hydrogen) atoms. The van der Waals surface area contributed by atoms with Crippen LogP contribution in [0.5, 0.6) is 0 Å². The third-order valence-electron chi connectivity index (χ3n) is 3.17. The summed E-state index contributed by atoms with van der Waals surface area (Å²) in [6, 6.07) is 0. The SMILES string of the molecule is NC(=O)CC12CCC(CC1)OC2. The first kappa shape index (κ1) is 8.05. The second kappa shape index (κ2) is 2.73. The summed E-state index contributed by atoms with van der Waals surface area (Å²) in [5.74, 6) is -0.182. The van der Waals surface area contributed by atoms with Crippen LogP contribution in [0.25, 0.3) is 0 Å². The molecule has 1 saturated carbocycles. The van der Waals surface area contributed by atoms with Gasteiger partial charge in [-0.25, -0.2) is 0 Å². The molecule has 68 valence electrons. The van der Waals surface area contributed by atoms with Crippen LogP contribution in [-0.4, -0.2) is 18.6 Å². The lowest BCUT2D eigenvalue weighted by Crippen LogP contribution is -2.44. The molecule has 3 heteroatoms.